The Balaban J connectivity index is 1.84. The number of ether oxygens (including phenoxy) is 1. The van der Waals surface area contributed by atoms with Crippen molar-refractivity contribution < 1.29 is 9.53 Å². The number of rotatable bonds is 3. The highest BCUT2D eigenvalue weighted by Gasteiger charge is 2.15. The molecule has 0 aliphatic carbocycles. The van der Waals surface area contributed by atoms with Crippen molar-refractivity contribution in [1.82, 2.24) is 5.32 Å². The van der Waals surface area contributed by atoms with Crippen molar-refractivity contribution in [2.75, 3.05) is 18.5 Å². The number of carbonyl (C=O) groups excluding carboxylic acids is 1. The average Bonchev–Trinajstić information content (AvgIpc) is 2.40. The lowest BCUT2D eigenvalue weighted by molar-refractivity contribution is 0.0739. The van der Waals surface area contributed by atoms with Crippen LogP contribution in [0.3, 0.4) is 0 Å². The molecular weight excluding hydrogens is 242 g/mol. The molecule has 1 saturated heterocycles. The first-order chi connectivity index (χ1) is 9.15. The Kier molecular flexibility index (Phi) is 4.76. The molecule has 0 bridgehead atoms. The van der Waals surface area contributed by atoms with Gasteiger partial charge >= 0.3 is 6.03 Å². The summed E-state index contributed by atoms with van der Waals surface area (Å²) in [5.74, 6) is 0. The predicted octanol–water partition coefficient (Wildman–Crippen LogP) is 2.01. The van der Waals surface area contributed by atoms with Gasteiger partial charge in [0.15, 0.2) is 0 Å². The molecule has 5 nitrogen and oxygen atoms in total. The quantitative estimate of drug-likeness (QED) is 0.780. The molecule has 1 aromatic carbocycles. The minimum Gasteiger partial charge on any atom is -0.379 e. The fraction of sp³-hybridized carbons (Fsp3) is 0.500. The maximum atomic E-state index is 11.8. The van der Waals surface area contributed by atoms with E-state index in [2.05, 4.69) is 10.6 Å². The van der Waals surface area contributed by atoms with Crippen LogP contribution in [0, 0.1) is 0 Å². The number of amides is 2. The maximum absolute atomic E-state index is 11.8. The number of anilines is 1. The van der Waals surface area contributed by atoms with Crippen LogP contribution in [-0.4, -0.2) is 25.3 Å². The number of nitrogens with one attached hydrogen (secondary N) is 2. The lowest BCUT2D eigenvalue weighted by Crippen LogP contribution is -2.42. The molecule has 0 spiro atoms. The van der Waals surface area contributed by atoms with E-state index in [4.69, 9.17) is 10.5 Å². The molecule has 2 unspecified atom stereocenters. The van der Waals surface area contributed by atoms with Gasteiger partial charge in [-0.05, 0) is 37.5 Å². The van der Waals surface area contributed by atoms with Gasteiger partial charge in [-0.1, -0.05) is 12.1 Å². The van der Waals surface area contributed by atoms with Crippen LogP contribution < -0.4 is 16.4 Å². The molecule has 1 fully saturated rings. The number of benzene rings is 1. The molecule has 1 heterocycles. The summed E-state index contributed by atoms with van der Waals surface area (Å²) < 4.78 is 5.32. The molecule has 104 valence electrons. The van der Waals surface area contributed by atoms with Gasteiger partial charge in [0.05, 0.1) is 12.6 Å². The first-order valence-corrected chi connectivity index (χ1v) is 6.66. The summed E-state index contributed by atoms with van der Waals surface area (Å²) in [4.78, 5) is 11.8. The molecule has 2 amide bonds. The van der Waals surface area contributed by atoms with Gasteiger partial charge in [0.25, 0.3) is 0 Å². The second-order valence-electron chi connectivity index (χ2n) is 4.92. The van der Waals surface area contributed by atoms with Crippen LogP contribution in [0.2, 0.25) is 0 Å². The number of nitrogens with two attached hydrogens (primary N) is 1. The Hall–Kier alpha value is -1.59. The van der Waals surface area contributed by atoms with Crippen molar-refractivity contribution in [3.8, 4) is 0 Å². The first kappa shape index (κ1) is 13.8. The smallest absolute Gasteiger partial charge is 0.319 e. The number of urea groups is 1. The molecule has 5 heteroatoms. The molecule has 4 N–H and O–H groups in total. The van der Waals surface area contributed by atoms with E-state index in [1.807, 2.05) is 31.2 Å². The highest BCUT2D eigenvalue weighted by atomic mass is 16.5. The summed E-state index contributed by atoms with van der Waals surface area (Å²) in [6.07, 6.45) is 1.96. The first-order valence-electron chi connectivity index (χ1n) is 6.66. The van der Waals surface area contributed by atoms with Crippen LogP contribution in [0.5, 0.6) is 0 Å². The van der Waals surface area contributed by atoms with Crippen molar-refractivity contribution in [2.24, 2.45) is 5.73 Å². The Morgan fingerprint density at radius 1 is 1.42 bits per heavy atom. The molecule has 19 heavy (non-hydrogen) atoms. The van der Waals surface area contributed by atoms with Gasteiger partial charge in [-0.2, -0.15) is 0 Å². The normalized spacial score (nSPS) is 20.6. The van der Waals surface area contributed by atoms with Gasteiger partial charge < -0.3 is 21.1 Å². The zero-order valence-corrected chi connectivity index (χ0v) is 11.2. The lowest BCUT2D eigenvalue weighted by atomic mass is 10.1. The second kappa shape index (κ2) is 6.54. The van der Waals surface area contributed by atoms with Crippen molar-refractivity contribution in [3.05, 3.63) is 29.8 Å². The molecule has 1 aliphatic rings. The minimum atomic E-state index is -0.191. The van der Waals surface area contributed by atoms with Gasteiger partial charge in [-0.15, -0.1) is 0 Å². The molecule has 0 aromatic heterocycles. The number of carbonyl (C=O) groups is 1. The predicted molar refractivity (Wildman–Crippen MR) is 75.0 cm³/mol. The van der Waals surface area contributed by atoms with Crippen LogP contribution in [0.1, 0.15) is 31.4 Å². The van der Waals surface area contributed by atoms with Crippen LogP contribution in [0.25, 0.3) is 0 Å². The van der Waals surface area contributed by atoms with Gasteiger partial charge in [0.1, 0.15) is 0 Å². The summed E-state index contributed by atoms with van der Waals surface area (Å²) in [6, 6.07) is 7.47. The fourth-order valence-electron chi connectivity index (χ4n) is 2.08. The third kappa shape index (κ3) is 4.22. The van der Waals surface area contributed by atoms with E-state index >= 15 is 0 Å². The minimum absolute atomic E-state index is 0.00210. The highest BCUT2D eigenvalue weighted by molar-refractivity contribution is 5.89. The van der Waals surface area contributed by atoms with E-state index in [0.29, 0.717) is 6.61 Å². The second-order valence-corrected chi connectivity index (χ2v) is 4.92. The van der Waals surface area contributed by atoms with Gasteiger partial charge in [-0.25, -0.2) is 4.79 Å². The summed E-state index contributed by atoms with van der Waals surface area (Å²) in [5, 5.41) is 5.71. The molecule has 0 saturated carbocycles. The standard InChI is InChI=1S/C14H21N3O2/c1-10(15)11-4-6-12(7-5-11)16-14(18)17-13-3-2-8-19-9-13/h4-7,10,13H,2-3,8-9,15H2,1H3,(H2,16,17,18). The van der Waals surface area contributed by atoms with Crippen molar-refractivity contribution in [2.45, 2.75) is 31.8 Å². The van der Waals surface area contributed by atoms with Gasteiger partial charge in [0, 0.05) is 18.3 Å². The van der Waals surface area contributed by atoms with Crippen LogP contribution in [-0.2, 0) is 4.74 Å². The van der Waals surface area contributed by atoms with Crippen LogP contribution in [0.15, 0.2) is 24.3 Å². The van der Waals surface area contributed by atoms with Crippen LogP contribution >= 0.6 is 0 Å². The largest absolute Gasteiger partial charge is 0.379 e. The maximum Gasteiger partial charge on any atom is 0.319 e. The SMILES string of the molecule is CC(N)c1ccc(NC(=O)NC2CCCOC2)cc1. The third-order valence-corrected chi connectivity index (χ3v) is 3.19. The zero-order chi connectivity index (χ0) is 13.7. The van der Waals surface area contributed by atoms with Crippen molar-refractivity contribution in [3.63, 3.8) is 0 Å². The number of hydrogen-bond donors (Lipinski definition) is 3. The van der Waals surface area contributed by atoms with Gasteiger partial charge in [0.2, 0.25) is 0 Å². The van der Waals surface area contributed by atoms with Crippen LogP contribution in [0.4, 0.5) is 10.5 Å². The third-order valence-electron chi connectivity index (χ3n) is 3.19. The molecule has 0 radical (unpaired) electrons. The Morgan fingerprint density at radius 3 is 2.74 bits per heavy atom. The number of hydrogen-bond acceptors (Lipinski definition) is 3. The van der Waals surface area contributed by atoms with E-state index in [1.165, 1.54) is 0 Å². The Labute approximate surface area is 113 Å². The lowest BCUT2D eigenvalue weighted by Gasteiger charge is -2.23. The molecule has 2 atom stereocenters. The highest BCUT2D eigenvalue weighted by Crippen LogP contribution is 2.14. The molecule has 1 aromatic rings. The zero-order valence-electron chi connectivity index (χ0n) is 11.2. The summed E-state index contributed by atoms with van der Waals surface area (Å²) in [5.41, 5.74) is 7.59. The average molecular weight is 263 g/mol. The Morgan fingerprint density at radius 2 is 2.16 bits per heavy atom. The van der Waals surface area contributed by atoms with E-state index in [9.17, 15) is 4.79 Å². The molecule has 2 rings (SSSR count). The molecular formula is C14H21N3O2. The van der Waals surface area contributed by atoms with E-state index in [-0.39, 0.29) is 18.1 Å². The summed E-state index contributed by atoms with van der Waals surface area (Å²) in [6.45, 7) is 3.31. The monoisotopic (exact) mass is 263 g/mol. The van der Waals surface area contributed by atoms with Gasteiger partial charge in [-0.3, -0.25) is 0 Å². The van der Waals surface area contributed by atoms with E-state index < -0.39 is 0 Å². The Bertz CT molecular complexity index is 411. The van der Waals surface area contributed by atoms with Crippen molar-refractivity contribution in [1.29, 1.82) is 0 Å². The van der Waals surface area contributed by atoms with E-state index in [0.717, 1.165) is 30.7 Å². The summed E-state index contributed by atoms with van der Waals surface area (Å²) >= 11 is 0. The fourth-order valence-corrected chi connectivity index (χ4v) is 2.08. The summed E-state index contributed by atoms with van der Waals surface area (Å²) in [7, 11) is 0. The van der Waals surface area contributed by atoms with Crippen molar-refractivity contribution >= 4 is 11.7 Å². The molecule has 1 aliphatic heterocycles. The topological polar surface area (TPSA) is 76.4 Å². The van der Waals surface area contributed by atoms with E-state index in [1.54, 1.807) is 0 Å².